The summed E-state index contributed by atoms with van der Waals surface area (Å²) < 4.78 is 62.0. The van der Waals surface area contributed by atoms with Gasteiger partial charge in [-0.25, -0.2) is 23.9 Å². The lowest BCUT2D eigenvalue weighted by atomic mass is 10.1. The number of methoxy groups -OCH3 is 1. The van der Waals surface area contributed by atoms with Gasteiger partial charge in [0.1, 0.15) is 23.6 Å². The van der Waals surface area contributed by atoms with Crippen molar-refractivity contribution in [2.24, 2.45) is 0 Å². The summed E-state index contributed by atoms with van der Waals surface area (Å²) in [6.45, 7) is 0.828. The van der Waals surface area contributed by atoms with Gasteiger partial charge in [0.15, 0.2) is 5.82 Å². The predicted octanol–water partition coefficient (Wildman–Crippen LogP) is 2.81. The van der Waals surface area contributed by atoms with Crippen LogP contribution in [0.3, 0.4) is 0 Å². The molecule has 0 saturated carbocycles. The van der Waals surface area contributed by atoms with Gasteiger partial charge in [-0.2, -0.15) is 18.3 Å². The summed E-state index contributed by atoms with van der Waals surface area (Å²) in [6.07, 6.45) is -3.78. The van der Waals surface area contributed by atoms with Crippen molar-refractivity contribution in [1.29, 1.82) is 0 Å². The van der Waals surface area contributed by atoms with Crippen LogP contribution in [0.2, 0.25) is 0 Å². The van der Waals surface area contributed by atoms with Gasteiger partial charge in [-0.15, -0.1) is 11.3 Å². The molecule has 194 valence electrons. The van der Waals surface area contributed by atoms with E-state index in [1.165, 1.54) is 30.7 Å². The van der Waals surface area contributed by atoms with Gasteiger partial charge in [-0.1, -0.05) is 0 Å². The van der Waals surface area contributed by atoms with E-state index in [0.29, 0.717) is 6.54 Å². The summed E-state index contributed by atoms with van der Waals surface area (Å²) in [7, 11) is 1.30. The fraction of sp³-hybridized carbons (Fsp3) is 0.318. The number of hydrogen-bond acceptors (Lipinski definition) is 9. The third-order valence-electron chi connectivity index (χ3n) is 5.98. The number of hydrogen-bond donors (Lipinski definition) is 2. The molecular formula is C22H20F4N8O2S. The minimum Gasteiger partial charge on any atom is -0.480 e. The summed E-state index contributed by atoms with van der Waals surface area (Å²) in [5.74, 6) is -1.11. The van der Waals surface area contributed by atoms with Gasteiger partial charge in [0, 0.05) is 36.8 Å². The molecule has 5 rings (SSSR count). The van der Waals surface area contributed by atoms with Crippen molar-refractivity contribution in [3.63, 3.8) is 0 Å². The van der Waals surface area contributed by atoms with Crippen LogP contribution in [0.15, 0.2) is 35.5 Å². The Balaban J connectivity index is 1.45. The highest BCUT2D eigenvalue weighted by Gasteiger charge is 2.37. The Morgan fingerprint density at radius 3 is 2.78 bits per heavy atom. The number of thiazole rings is 1. The van der Waals surface area contributed by atoms with Crippen molar-refractivity contribution in [3.05, 3.63) is 52.4 Å². The van der Waals surface area contributed by atoms with E-state index in [1.54, 1.807) is 5.51 Å². The monoisotopic (exact) mass is 536 g/mol. The van der Waals surface area contributed by atoms with Crippen LogP contribution in [-0.2, 0) is 12.7 Å². The lowest BCUT2D eigenvalue weighted by Gasteiger charge is -2.17. The number of nitrogen functional groups attached to an aromatic ring is 1. The van der Waals surface area contributed by atoms with Crippen LogP contribution in [0.5, 0.6) is 5.88 Å². The predicted molar refractivity (Wildman–Crippen MR) is 126 cm³/mol. The smallest absolute Gasteiger partial charge is 0.418 e. The van der Waals surface area contributed by atoms with Crippen LogP contribution < -0.4 is 15.8 Å². The molecule has 1 aliphatic heterocycles. The molecule has 3 N–H and O–H groups in total. The molecule has 2 atom stereocenters. The average molecular weight is 537 g/mol. The van der Waals surface area contributed by atoms with Gasteiger partial charge in [0.25, 0.3) is 5.91 Å². The van der Waals surface area contributed by atoms with Crippen molar-refractivity contribution in [2.75, 3.05) is 25.9 Å². The molecule has 0 aromatic carbocycles. The number of amides is 1. The number of fused-ring (bicyclic) bond motifs is 1. The van der Waals surface area contributed by atoms with E-state index in [1.807, 2.05) is 10.3 Å². The average Bonchev–Trinajstić information content (AvgIpc) is 3.58. The molecule has 2 unspecified atom stereocenters. The first kappa shape index (κ1) is 24.8. The van der Waals surface area contributed by atoms with Crippen molar-refractivity contribution >= 4 is 28.6 Å². The van der Waals surface area contributed by atoms with Crippen molar-refractivity contribution < 1.29 is 27.1 Å². The van der Waals surface area contributed by atoms with Crippen LogP contribution >= 0.6 is 11.3 Å². The number of rotatable bonds is 6. The first-order chi connectivity index (χ1) is 17.7. The lowest BCUT2D eigenvalue weighted by Crippen LogP contribution is -2.41. The molecule has 1 aliphatic rings. The molecule has 0 aliphatic carbocycles. The van der Waals surface area contributed by atoms with Gasteiger partial charge in [0.2, 0.25) is 5.88 Å². The molecule has 1 saturated heterocycles. The van der Waals surface area contributed by atoms with Crippen LogP contribution in [0.4, 0.5) is 23.4 Å². The number of halogens is 4. The van der Waals surface area contributed by atoms with Gasteiger partial charge in [0.05, 0.1) is 35.6 Å². The third kappa shape index (κ3) is 4.79. The van der Waals surface area contributed by atoms with E-state index >= 15 is 0 Å². The molecule has 1 amide bonds. The minimum absolute atomic E-state index is 0.0145. The Morgan fingerprint density at radius 2 is 2.08 bits per heavy atom. The molecular weight excluding hydrogens is 516 g/mol. The molecule has 37 heavy (non-hydrogen) atoms. The van der Waals surface area contributed by atoms with E-state index in [9.17, 15) is 22.4 Å². The summed E-state index contributed by atoms with van der Waals surface area (Å²) in [5, 5.41) is 8.44. The number of carbonyl (C=O) groups excluding carboxylic acids is 1. The largest absolute Gasteiger partial charge is 0.480 e. The standard InChI is InChI=1S/C22H20F4N8O2S/c1-36-21-13(20(35)32-16-7-33(6-15(16)23)5-12-8-37-10-30-12)2-11(4-28-21)17-3-14(22(24,25)26)18-19(27)29-9-31-34(17)18/h2-4,8-10,15-16H,5-7H2,1H3,(H,32,35)(H2,27,29,31). The molecule has 0 bridgehead atoms. The molecule has 0 radical (unpaired) electrons. The molecule has 1 fully saturated rings. The minimum atomic E-state index is -4.73. The number of nitrogens with zero attached hydrogens (tertiary/aromatic N) is 6. The Kier molecular flexibility index (Phi) is 6.41. The second-order valence-electron chi connectivity index (χ2n) is 8.40. The van der Waals surface area contributed by atoms with Crippen molar-refractivity contribution in [3.8, 4) is 17.1 Å². The molecule has 4 aromatic heterocycles. The van der Waals surface area contributed by atoms with Crippen molar-refractivity contribution in [2.45, 2.75) is 24.9 Å². The number of ether oxygens (including phenoxy) is 1. The van der Waals surface area contributed by atoms with Gasteiger partial charge < -0.3 is 15.8 Å². The number of alkyl halides is 4. The highest BCUT2D eigenvalue weighted by Crippen LogP contribution is 2.39. The Hall–Kier alpha value is -3.85. The number of nitrogens with one attached hydrogen (secondary N) is 1. The SMILES string of the molecule is COc1ncc(-c2cc(C(F)(F)F)c3c(N)ncnn23)cc1C(=O)NC1CN(Cc2cscn2)CC1F. The summed E-state index contributed by atoms with van der Waals surface area (Å²) in [5.41, 5.74) is 6.81. The quantitative estimate of drug-likeness (QED) is 0.361. The van der Waals surface area contributed by atoms with Gasteiger partial charge >= 0.3 is 6.18 Å². The highest BCUT2D eigenvalue weighted by atomic mass is 32.1. The maximum atomic E-state index is 14.7. The normalized spacial score (nSPS) is 18.4. The fourth-order valence-electron chi connectivity index (χ4n) is 4.30. The van der Waals surface area contributed by atoms with Gasteiger partial charge in [-0.3, -0.25) is 9.69 Å². The Labute approximate surface area is 211 Å². The zero-order chi connectivity index (χ0) is 26.3. The topological polar surface area (TPSA) is 124 Å². The third-order valence-corrected chi connectivity index (χ3v) is 6.62. The maximum Gasteiger partial charge on any atom is 0.418 e. The first-order valence-electron chi connectivity index (χ1n) is 10.9. The number of pyridine rings is 1. The van der Waals surface area contributed by atoms with Crippen LogP contribution in [0, 0.1) is 0 Å². The summed E-state index contributed by atoms with van der Waals surface area (Å²) >= 11 is 1.44. The molecule has 0 spiro atoms. The van der Waals surface area contributed by atoms with Crippen LogP contribution in [-0.4, -0.2) is 67.8 Å². The lowest BCUT2D eigenvalue weighted by molar-refractivity contribution is -0.136. The zero-order valence-corrected chi connectivity index (χ0v) is 20.1. The number of likely N-dealkylation sites (tertiary alicyclic amines) is 1. The van der Waals surface area contributed by atoms with E-state index in [4.69, 9.17) is 10.5 Å². The maximum absolute atomic E-state index is 14.7. The molecule has 4 aromatic rings. The fourth-order valence-corrected chi connectivity index (χ4v) is 4.85. The molecule has 5 heterocycles. The highest BCUT2D eigenvalue weighted by molar-refractivity contribution is 7.07. The number of nitrogens with two attached hydrogens (primary N) is 1. The van der Waals surface area contributed by atoms with E-state index < -0.39 is 35.4 Å². The van der Waals surface area contributed by atoms with E-state index in [-0.39, 0.29) is 41.6 Å². The second kappa shape index (κ2) is 9.55. The van der Waals surface area contributed by atoms with Crippen molar-refractivity contribution in [1.82, 2.24) is 34.8 Å². The zero-order valence-electron chi connectivity index (χ0n) is 19.2. The number of carbonyl (C=O) groups is 1. The van der Waals surface area contributed by atoms with Crippen LogP contribution in [0.1, 0.15) is 21.6 Å². The summed E-state index contributed by atoms with van der Waals surface area (Å²) in [6, 6.07) is 1.37. The first-order valence-corrected chi connectivity index (χ1v) is 11.9. The number of aromatic nitrogens is 5. The Morgan fingerprint density at radius 1 is 1.27 bits per heavy atom. The molecule has 15 heteroatoms. The van der Waals surface area contributed by atoms with E-state index in [0.717, 1.165) is 22.6 Å². The molecule has 10 nitrogen and oxygen atoms in total. The van der Waals surface area contributed by atoms with Gasteiger partial charge in [-0.05, 0) is 12.1 Å². The number of anilines is 1. The summed E-state index contributed by atoms with van der Waals surface area (Å²) in [4.78, 5) is 26.9. The second-order valence-corrected chi connectivity index (χ2v) is 9.12. The van der Waals surface area contributed by atoms with E-state index in [2.05, 4.69) is 25.4 Å². The Bertz CT molecular complexity index is 1440. The van der Waals surface area contributed by atoms with Crippen LogP contribution in [0.25, 0.3) is 16.8 Å².